The van der Waals surface area contributed by atoms with Gasteiger partial charge in [0.25, 0.3) is 0 Å². The number of hydrogen-bond acceptors (Lipinski definition) is 2. The molecule has 0 amide bonds. The maximum atomic E-state index is 3.62. The fourth-order valence-corrected chi connectivity index (χ4v) is 3.28. The van der Waals surface area contributed by atoms with E-state index in [-0.39, 0.29) is 0 Å². The molecule has 1 aromatic heterocycles. The van der Waals surface area contributed by atoms with Gasteiger partial charge in [0.15, 0.2) is 0 Å². The highest BCUT2D eigenvalue weighted by atomic mass is 32.1. The second-order valence-corrected chi connectivity index (χ2v) is 6.24. The zero-order valence-corrected chi connectivity index (χ0v) is 12.7. The molecule has 0 fully saturated rings. The summed E-state index contributed by atoms with van der Waals surface area (Å²) >= 11 is 1.83. The molecule has 0 aliphatic heterocycles. The number of rotatable bonds is 4. The number of fused-ring (bicyclic) bond motifs is 1. The van der Waals surface area contributed by atoms with E-state index in [1.165, 1.54) is 26.8 Å². The Labute approximate surface area is 124 Å². The van der Waals surface area contributed by atoms with Crippen LogP contribution in [0.15, 0.2) is 53.9 Å². The first kappa shape index (κ1) is 13.3. The maximum absolute atomic E-state index is 3.62. The maximum Gasteiger partial charge on any atom is 0.0308 e. The Bertz CT molecular complexity index is 714. The van der Waals surface area contributed by atoms with Gasteiger partial charge in [-0.2, -0.15) is 0 Å². The topological polar surface area (TPSA) is 12.0 Å². The van der Waals surface area contributed by atoms with Gasteiger partial charge in [-0.1, -0.05) is 36.4 Å². The second kappa shape index (κ2) is 5.78. The minimum atomic E-state index is 0.362. The van der Waals surface area contributed by atoms with Crippen molar-refractivity contribution in [2.75, 3.05) is 0 Å². The first-order valence-corrected chi connectivity index (χ1v) is 7.87. The highest BCUT2D eigenvalue weighted by molar-refractivity contribution is 7.10. The van der Waals surface area contributed by atoms with Crippen molar-refractivity contribution in [2.24, 2.45) is 0 Å². The zero-order valence-electron chi connectivity index (χ0n) is 11.9. The van der Waals surface area contributed by atoms with Crippen molar-refractivity contribution in [1.82, 2.24) is 5.32 Å². The molecule has 1 heterocycles. The van der Waals surface area contributed by atoms with Crippen molar-refractivity contribution in [2.45, 2.75) is 26.4 Å². The molecular formula is C18H19NS. The molecule has 0 spiro atoms. The van der Waals surface area contributed by atoms with Crippen molar-refractivity contribution in [3.05, 3.63) is 69.9 Å². The molecule has 0 aliphatic carbocycles. The highest BCUT2D eigenvalue weighted by Gasteiger charge is 2.07. The summed E-state index contributed by atoms with van der Waals surface area (Å²) in [6.45, 7) is 5.35. The van der Waals surface area contributed by atoms with E-state index in [2.05, 4.69) is 73.1 Å². The lowest BCUT2D eigenvalue weighted by Crippen LogP contribution is -2.17. The molecule has 0 radical (unpaired) electrons. The number of aryl methyl sites for hydroxylation is 1. The number of benzene rings is 2. The molecule has 2 aromatic carbocycles. The van der Waals surface area contributed by atoms with Crippen molar-refractivity contribution >= 4 is 22.1 Å². The van der Waals surface area contributed by atoms with E-state index in [9.17, 15) is 0 Å². The van der Waals surface area contributed by atoms with Crippen LogP contribution in [0.1, 0.15) is 29.0 Å². The van der Waals surface area contributed by atoms with Gasteiger partial charge in [-0.15, -0.1) is 11.3 Å². The molecular weight excluding hydrogens is 262 g/mol. The highest BCUT2D eigenvalue weighted by Crippen LogP contribution is 2.21. The van der Waals surface area contributed by atoms with Crippen molar-refractivity contribution in [3.8, 4) is 0 Å². The van der Waals surface area contributed by atoms with Crippen LogP contribution in [0.2, 0.25) is 0 Å². The number of nitrogens with one attached hydrogen (secondary N) is 1. The summed E-state index contributed by atoms with van der Waals surface area (Å²) in [5.41, 5.74) is 2.73. The van der Waals surface area contributed by atoms with Crippen molar-refractivity contribution in [1.29, 1.82) is 0 Å². The lowest BCUT2D eigenvalue weighted by Gasteiger charge is -2.15. The predicted octanol–water partition coefficient (Wildman–Crippen LogP) is 5.06. The van der Waals surface area contributed by atoms with Gasteiger partial charge in [-0.05, 0) is 53.3 Å². The van der Waals surface area contributed by atoms with Gasteiger partial charge >= 0.3 is 0 Å². The van der Waals surface area contributed by atoms with Crippen LogP contribution in [-0.4, -0.2) is 0 Å². The zero-order chi connectivity index (χ0) is 13.9. The summed E-state index contributed by atoms with van der Waals surface area (Å²) < 4.78 is 0. The van der Waals surface area contributed by atoms with Gasteiger partial charge in [-0.25, -0.2) is 0 Å². The molecule has 2 heteroatoms. The van der Waals surface area contributed by atoms with Crippen LogP contribution in [-0.2, 0) is 6.54 Å². The van der Waals surface area contributed by atoms with E-state index in [0.717, 1.165) is 6.54 Å². The smallest absolute Gasteiger partial charge is 0.0308 e. The molecule has 1 N–H and O–H groups in total. The molecule has 102 valence electrons. The van der Waals surface area contributed by atoms with Crippen LogP contribution in [0.3, 0.4) is 0 Å². The third kappa shape index (κ3) is 2.77. The quantitative estimate of drug-likeness (QED) is 0.704. The molecule has 20 heavy (non-hydrogen) atoms. The normalized spacial score (nSPS) is 12.7. The molecule has 0 saturated heterocycles. The summed E-state index contributed by atoms with van der Waals surface area (Å²) in [5.74, 6) is 0. The summed E-state index contributed by atoms with van der Waals surface area (Å²) in [5, 5.41) is 8.39. The van der Waals surface area contributed by atoms with E-state index in [4.69, 9.17) is 0 Å². The molecule has 1 unspecified atom stereocenters. The Hall–Kier alpha value is -1.64. The van der Waals surface area contributed by atoms with Gasteiger partial charge < -0.3 is 5.32 Å². The average Bonchev–Trinajstić information content (AvgIpc) is 2.89. The molecule has 0 saturated carbocycles. The Morgan fingerprint density at radius 1 is 1.05 bits per heavy atom. The lowest BCUT2D eigenvalue weighted by atomic mass is 10.0. The largest absolute Gasteiger partial charge is 0.305 e. The first-order chi connectivity index (χ1) is 9.74. The van der Waals surface area contributed by atoms with Crippen LogP contribution in [0, 0.1) is 6.92 Å². The Kier molecular flexibility index (Phi) is 3.86. The summed E-state index contributed by atoms with van der Waals surface area (Å²) in [6, 6.07) is 17.8. The second-order valence-electron chi connectivity index (χ2n) is 5.24. The fraction of sp³-hybridized carbons (Fsp3) is 0.222. The van der Waals surface area contributed by atoms with Crippen molar-refractivity contribution < 1.29 is 0 Å². The molecule has 0 bridgehead atoms. The predicted molar refractivity (Wildman–Crippen MR) is 88.3 cm³/mol. The minimum absolute atomic E-state index is 0.362. The van der Waals surface area contributed by atoms with Gasteiger partial charge in [-0.3, -0.25) is 0 Å². The summed E-state index contributed by atoms with van der Waals surface area (Å²) in [4.78, 5) is 1.43. The molecule has 3 rings (SSSR count). The van der Waals surface area contributed by atoms with E-state index >= 15 is 0 Å². The average molecular weight is 281 g/mol. The Morgan fingerprint density at radius 3 is 2.60 bits per heavy atom. The summed E-state index contributed by atoms with van der Waals surface area (Å²) in [7, 11) is 0. The van der Waals surface area contributed by atoms with Crippen LogP contribution >= 0.6 is 11.3 Å². The van der Waals surface area contributed by atoms with E-state index in [1.807, 2.05) is 11.3 Å². The minimum Gasteiger partial charge on any atom is -0.305 e. The van der Waals surface area contributed by atoms with Gasteiger partial charge in [0.2, 0.25) is 0 Å². The summed E-state index contributed by atoms with van der Waals surface area (Å²) in [6.07, 6.45) is 0. The lowest BCUT2D eigenvalue weighted by molar-refractivity contribution is 0.578. The monoisotopic (exact) mass is 281 g/mol. The van der Waals surface area contributed by atoms with Crippen molar-refractivity contribution in [3.63, 3.8) is 0 Å². The third-order valence-electron chi connectivity index (χ3n) is 3.81. The third-order valence-corrected chi connectivity index (χ3v) is 4.83. The first-order valence-electron chi connectivity index (χ1n) is 6.99. The Balaban J connectivity index is 1.75. The van der Waals surface area contributed by atoms with Crippen LogP contribution < -0.4 is 5.32 Å². The van der Waals surface area contributed by atoms with Crippen LogP contribution in [0.4, 0.5) is 0 Å². The Morgan fingerprint density at radius 2 is 1.85 bits per heavy atom. The van der Waals surface area contributed by atoms with Gasteiger partial charge in [0.1, 0.15) is 0 Å². The van der Waals surface area contributed by atoms with Gasteiger partial charge in [0.05, 0.1) is 0 Å². The fourth-order valence-electron chi connectivity index (χ4n) is 2.43. The molecule has 1 atom stereocenters. The molecule has 0 aliphatic rings. The number of thiophene rings is 1. The molecule has 1 nitrogen and oxygen atoms in total. The van der Waals surface area contributed by atoms with Gasteiger partial charge in [0, 0.05) is 17.5 Å². The SMILES string of the molecule is Cc1ccsc1CNC(C)c1ccc2ccccc2c1. The van der Waals surface area contributed by atoms with E-state index < -0.39 is 0 Å². The van der Waals surface area contributed by atoms with E-state index in [1.54, 1.807) is 0 Å². The standard InChI is InChI=1S/C18H19NS/c1-13-9-10-20-18(13)12-19-14(2)16-8-7-15-5-3-4-6-17(15)11-16/h3-11,14,19H,12H2,1-2H3. The van der Waals surface area contributed by atoms with Crippen LogP contribution in [0.5, 0.6) is 0 Å². The molecule has 3 aromatic rings. The van der Waals surface area contributed by atoms with E-state index in [0.29, 0.717) is 6.04 Å². The van der Waals surface area contributed by atoms with Crippen LogP contribution in [0.25, 0.3) is 10.8 Å². The number of hydrogen-bond donors (Lipinski definition) is 1.